The fourth-order valence-electron chi connectivity index (χ4n) is 4.10. The van der Waals surface area contributed by atoms with Gasteiger partial charge in [0, 0.05) is 13.2 Å². The quantitative estimate of drug-likeness (QED) is 0.245. The van der Waals surface area contributed by atoms with Crippen molar-refractivity contribution in [1.82, 2.24) is 18.7 Å². The number of para-hydroxylation sites is 2. The topological polar surface area (TPSA) is 123 Å². The molecular weight excluding hydrogens is 532 g/mol. The highest BCUT2D eigenvalue weighted by Crippen LogP contribution is 2.30. The number of nitriles is 1. The molecule has 3 heterocycles. The fourth-order valence-corrected chi connectivity index (χ4v) is 4.28. The minimum Gasteiger partial charge on any atom is -0.437 e. The first-order valence-electron chi connectivity index (χ1n) is 12.0. The Labute approximate surface area is 232 Å². The van der Waals surface area contributed by atoms with Gasteiger partial charge in [0.2, 0.25) is 5.88 Å². The zero-order valence-corrected chi connectivity index (χ0v) is 22.1. The molecule has 40 heavy (non-hydrogen) atoms. The molecule has 5 rings (SSSR count). The minimum atomic E-state index is -0.880. The molecule has 198 valence electrons. The van der Waals surface area contributed by atoms with Gasteiger partial charge < -0.3 is 10.1 Å². The predicted molar refractivity (Wildman–Crippen MR) is 151 cm³/mol. The third-order valence-electron chi connectivity index (χ3n) is 6.22. The molecule has 3 aromatic heterocycles. The van der Waals surface area contributed by atoms with Gasteiger partial charge in [-0.1, -0.05) is 48.0 Å². The maximum absolute atomic E-state index is 13.4. The van der Waals surface area contributed by atoms with Crippen molar-refractivity contribution in [2.24, 2.45) is 7.05 Å². The van der Waals surface area contributed by atoms with E-state index in [0.717, 1.165) is 6.08 Å². The molecule has 0 bridgehead atoms. The van der Waals surface area contributed by atoms with Crippen LogP contribution in [0.5, 0.6) is 11.6 Å². The van der Waals surface area contributed by atoms with Crippen molar-refractivity contribution in [3.63, 3.8) is 0 Å². The molecule has 0 saturated heterocycles. The van der Waals surface area contributed by atoms with Gasteiger partial charge in [0.15, 0.2) is 0 Å². The number of rotatable bonds is 6. The van der Waals surface area contributed by atoms with Crippen molar-refractivity contribution in [1.29, 1.82) is 5.26 Å². The van der Waals surface area contributed by atoms with Crippen molar-refractivity contribution in [2.75, 3.05) is 5.32 Å². The van der Waals surface area contributed by atoms with Crippen LogP contribution in [0.25, 0.3) is 17.4 Å². The molecule has 0 unspecified atom stereocenters. The first-order valence-corrected chi connectivity index (χ1v) is 12.4. The van der Waals surface area contributed by atoms with E-state index < -0.39 is 22.6 Å². The number of carbonyl (C=O) groups excluding carboxylic acids is 1. The number of aromatic nitrogens is 4. The lowest BCUT2D eigenvalue weighted by Gasteiger charge is -2.11. The van der Waals surface area contributed by atoms with Crippen molar-refractivity contribution in [3.05, 3.63) is 122 Å². The molecule has 0 atom stereocenters. The summed E-state index contributed by atoms with van der Waals surface area (Å²) in [5.74, 6) is -0.794. The summed E-state index contributed by atoms with van der Waals surface area (Å²) in [4.78, 5) is 44.3. The van der Waals surface area contributed by atoms with Crippen LogP contribution in [0.2, 0.25) is 5.02 Å². The largest absolute Gasteiger partial charge is 0.437 e. The molecule has 0 spiro atoms. The minimum absolute atomic E-state index is 0.00148. The van der Waals surface area contributed by atoms with E-state index in [4.69, 9.17) is 16.3 Å². The first-order chi connectivity index (χ1) is 19.3. The van der Waals surface area contributed by atoms with Crippen molar-refractivity contribution >= 4 is 34.9 Å². The van der Waals surface area contributed by atoms with Crippen LogP contribution in [-0.4, -0.2) is 24.7 Å². The lowest BCUT2D eigenvalue weighted by atomic mass is 10.1. The highest BCUT2D eigenvalue weighted by atomic mass is 35.5. The van der Waals surface area contributed by atoms with Gasteiger partial charge in [0.25, 0.3) is 17.0 Å². The molecule has 1 amide bonds. The van der Waals surface area contributed by atoms with Gasteiger partial charge in [0.05, 0.1) is 16.4 Å². The maximum atomic E-state index is 13.4. The van der Waals surface area contributed by atoms with Gasteiger partial charge in [-0.05, 0) is 49.4 Å². The lowest BCUT2D eigenvalue weighted by molar-refractivity contribution is -0.112. The molecular formula is C29H21ClN6O4. The summed E-state index contributed by atoms with van der Waals surface area (Å²) >= 11 is 6.25. The fraction of sp³-hybridized carbons (Fsp3) is 0.0690. The smallest absolute Gasteiger partial charge is 0.295 e. The molecule has 1 N–H and O–H groups in total. The average molecular weight is 553 g/mol. The van der Waals surface area contributed by atoms with Gasteiger partial charge in [-0.15, -0.1) is 0 Å². The number of fused-ring (bicyclic) bond motifs is 1. The second-order valence-corrected chi connectivity index (χ2v) is 9.06. The zero-order chi connectivity index (χ0) is 28.4. The number of pyridine rings is 1. The standard InChI is InChI=1S/C29H21ClN6O4/c1-18-25(29(39)36(34(18)2)20-10-4-3-5-11-20)33-26(37)19(17-31)16-21-27(40-23-13-7-6-12-22(23)30)32-24-14-8-9-15-35(24)28(21)38/h3-16H,1-2H3,(H,33,37). The molecule has 10 nitrogen and oxygen atoms in total. The number of anilines is 1. The van der Waals surface area contributed by atoms with Crippen LogP contribution >= 0.6 is 11.6 Å². The van der Waals surface area contributed by atoms with Crippen molar-refractivity contribution in [2.45, 2.75) is 6.92 Å². The molecule has 2 aromatic carbocycles. The number of amides is 1. The van der Waals surface area contributed by atoms with Gasteiger partial charge >= 0.3 is 0 Å². The van der Waals surface area contributed by atoms with E-state index in [1.807, 2.05) is 12.1 Å². The van der Waals surface area contributed by atoms with E-state index in [1.165, 1.54) is 15.3 Å². The number of nitrogens with one attached hydrogen (secondary N) is 1. The van der Waals surface area contributed by atoms with Crippen molar-refractivity contribution < 1.29 is 9.53 Å². The molecule has 0 saturated carbocycles. The Balaban J connectivity index is 1.58. The number of hydrogen-bond donors (Lipinski definition) is 1. The number of ether oxygens (including phenoxy) is 1. The molecule has 0 aliphatic rings. The highest BCUT2D eigenvalue weighted by molar-refractivity contribution is 6.32. The number of carbonyl (C=O) groups is 1. The number of benzene rings is 2. The first kappa shape index (κ1) is 26.2. The normalized spacial score (nSPS) is 11.3. The van der Waals surface area contributed by atoms with E-state index in [-0.39, 0.29) is 33.6 Å². The van der Waals surface area contributed by atoms with E-state index in [9.17, 15) is 19.6 Å². The van der Waals surface area contributed by atoms with Crippen LogP contribution in [-0.2, 0) is 11.8 Å². The second-order valence-electron chi connectivity index (χ2n) is 8.66. The Bertz CT molecular complexity index is 1970. The van der Waals surface area contributed by atoms with E-state index in [2.05, 4.69) is 10.3 Å². The van der Waals surface area contributed by atoms with E-state index in [0.29, 0.717) is 11.4 Å². The summed E-state index contributed by atoms with van der Waals surface area (Å²) in [5, 5.41) is 12.7. The van der Waals surface area contributed by atoms with Crippen LogP contribution < -0.4 is 21.2 Å². The summed E-state index contributed by atoms with van der Waals surface area (Å²) in [7, 11) is 1.68. The number of nitrogens with zero attached hydrogens (tertiary/aromatic N) is 5. The predicted octanol–water partition coefficient (Wildman–Crippen LogP) is 4.48. The summed E-state index contributed by atoms with van der Waals surface area (Å²) in [6.07, 6.45) is 2.59. The monoisotopic (exact) mass is 552 g/mol. The summed E-state index contributed by atoms with van der Waals surface area (Å²) < 4.78 is 10.1. The molecule has 0 fully saturated rings. The average Bonchev–Trinajstić information content (AvgIpc) is 3.17. The molecule has 11 heteroatoms. The van der Waals surface area contributed by atoms with E-state index >= 15 is 0 Å². The van der Waals surface area contributed by atoms with Gasteiger partial charge in [-0.2, -0.15) is 10.2 Å². The van der Waals surface area contributed by atoms with E-state index in [1.54, 1.807) is 85.4 Å². The Morgan fingerprint density at radius 3 is 2.45 bits per heavy atom. The lowest BCUT2D eigenvalue weighted by Crippen LogP contribution is -2.24. The summed E-state index contributed by atoms with van der Waals surface area (Å²) in [6.45, 7) is 1.67. The SMILES string of the molecule is Cc1c(NC(=O)C(C#N)=Cc2c(Oc3ccccc3Cl)nc3ccccn3c2=O)c(=O)n(-c2ccccc2)n1C. The van der Waals surface area contributed by atoms with Crippen molar-refractivity contribution in [3.8, 4) is 23.4 Å². The summed E-state index contributed by atoms with van der Waals surface area (Å²) in [6, 6.07) is 22.3. The second kappa shape index (κ2) is 10.8. The number of halogens is 1. The summed E-state index contributed by atoms with van der Waals surface area (Å²) in [5.41, 5.74) is -0.285. The van der Waals surface area contributed by atoms with Crippen LogP contribution in [0.3, 0.4) is 0 Å². The third kappa shape index (κ3) is 4.77. The molecule has 0 aliphatic carbocycles. The number of hydrogen-bond acceptors (Lipinski definition) is 6. The maximum Gasteiger partial charge on any atom is 0.295 e. The van der Waals surface area contributed by atoms with Crippen LogP contribution in [0, 0.1) is 18.3 Å². The Kier molecular flexibility index (Phi) is 7.05. The van der Waals surface area contributed by atoms with Crippen LogP contribution in [0.15, 0.2) is 94.2 Å². The molecule has 0 radical (unpaired) electrons. The Morgan fingerprint density at radius 1 is 1.02 bits per heavy atom. The third-order valence-corrected chi connectivity index (χ3v) is 6.54. The molecule has 0 aliphatic heterocycles. The molecule has 5 aromatic rings. The Morgan fingerprint density at radius 2 is 1.73 bits per heavy atom. The Hall–Kier alpha value is -5.40. The van der Waals surface area contributed by atoms with Crippen LogP contribution in [0.1, 0.15) is 11.3 Å². The van der Waals surface area contributed by atoms with Gasteiger partial charge in [-0.25, -0.2) is 4.68 Å². The van der Waals surface area contributed by atoms with Gasteiger partial charge in [0.1, 0.15) is 34.3 Å². The zero-order valence-electron chi connectivity index (χ0n) is 21.3. The van der Waals surface area contributed by atoms with Crippen LogP contribution in [0.4, 0.5) is 5.69 Å². The van der Waals surface area contributed by atoms with Gasteiger partial charge in [-0.3, -0.25) is 23.5 Å². The highest BCUT2D eigenvalue weighted by Gasteiger charge is 2.22.